The van der Waals surface area contributed by atoms with Crippen LogP contribution >= 0.6 is 0 Å². The van der Waals surface area contributed by atoms with Crippen molar-refractivity contribution in [2.45, 2.75) is 46.1 Å². The SMILES string of the molecule is CCNCC(C)N1CCCC(C)CC1. The Morgan fingerprint density at radius 3 is 2.86 bits per heavy atom. The molecule has 2 atom stereocenters. The highest BCUT2D eigenvalue weighted by atomic mass is 15.2. The van der Waals surface area contributed by atoms with Gasteiger partial charge in [0.25, 0.3) is 0 Å². The van der Waals surface area contributed by atoms with Crippen molar-refractivity contribution in [1.82, 2.24) is 10.2 Å². The first kappa shape index (κ1) is 12.0. The average Bonchev–Trinajstić information content (AvgIpc) is 2.39. The molecule has 2 nitrogen and oxygen atoms in total. The summed E-state index contributed by atoms with van der Waals surface area (Å²) in [6.45, 7) is 11.7. The normalized spacial score (nSPS) is 27.2. The highest BCUT2D eigenvalue weighted by Crippen LogP contribution is 2.17. The number of hydrogen-bond donors (Lipinski definition) is 1. The minimum absolute atomic E-state index is 0.709. The Bertz CT molecular complexity index is 147. The van der Waals surface area contributed by atoms with Gasteiger partial charge in [-0.15, -0.1) is 0 Å². The van der Waals surface area contributed by atoms with Crippen LogP contribution in [0.5, 0.6) is 0 Å². The van der Waals surface area contributed by atoms with Gasteiger partial charge in [-0.3, -0.25) is 4.90 Å². The van der Waals surface area contributed by atoms with Crippen molar-refractivity contribution in [3.8, 4) is 0 Å². The van der Waals surface area contributed by atoms with Crippen LogP contribution in [0.3, 0.4) is 0 Å². The molecule has 2 unspecified atom stereocenters. The number of likely N-dealkylation sites (tertiary alicyclic amines) is 1. The minimum atomic E-state index is 0.709. The van der Waals surface area contributed by atoms with E-state index < -0.39 is 0 Å². The zero-order chi connectivity index (χ0) is 10.4. The van der Waals surface area contributed by atoms with Crippen molar-refractivity contribution < 1.29 is 0 Å². The third-order valence-electron chi connectivity index (χ3n) is 3.36. The summed E-state index contributed by atoms with van der Waals surface area (Å²) in [6.07, 6.45) is 4.19. The van der Waals surface area contributed by atoms with Gasteiger partial charge in [-0.25, -0.2) is 0 Å². The maximum atomic E-state index is 3.44. The Balaban J connectivity index is 2.27. The molecule has 1 heterocycles. The summed E-state index contributed by atoms with van der Waals surface area (Å²) in [4.78, 5) is 2.64. The summed E-state index contributed by atoms with van der Waals surface area (Å²) in [6, 6.07) is 0.709. The van der Waals surface area contributed by atoms with Gasteiger partial charge in [0.2, 0.25) is 0 Å². The molecule has 0 aromatic heterocycles. The fourth-order valence-corrected chi connectivity index (χ4v) is 2.21. The second-order valence-corrected chi connectivity index (χ2v) is 4.73. The lowest BCUT2D eigenvalue weighted by Gasteiger charge is -2.27. The van der Waals surface area contributed by atoms with E-state index >= 15 is 0 Å². The maximum Gasteiger partial charge on any atom is 0.0192 e. The second-order valence-electron chi connectivity index (χ2n) is 4.73. The highest BCUT2D eigenvalue weighted by Gasteiger charge is 2.17. The first-order valence-corrected chi connectivity index (χ1v) is 6.18. The molecule has 1 aliphatic heterocycles. The lowest BCUT2D eigenvalue weighted by Crippen LogP contribution is -2.40. The molecule has 0 bridgehead atoms. The molecular weight excluding hydrogens is 172 g/mol. The minimum Gasteiger partial charge on any atom is -0.315 e. The van der Waals surface area contributed by atoms with Crippen molar-refractivity contribution in [2.24, 2.45) is 5.92 Å². The van der Waals surface area contributed by atoms with Gasteiger partial charge in [0.05, 0.1) is 0 Å². The van der Waals surface area contributed by atoms with Crippen LogP contribution in [0.15, 0.2) is 0 Å². The zero-order valence-electron chi connectivity index (χ0n) is 10.1. The molecule has 0 spiro atoms. The first-order chi connectivity index (χ1) is 6.74. The molecule has 1 N–H and O–H groups in total. The van der Waals surface area contributed by atoms with E-state index in [4.69, 9.17) is 0 Å². The van der Waals surface area contributed by atoms with Crippen LogP contribution in [0.4, 0.5) is 0 Å². The van der Waals surface area contributed by atoms with Crippen molar-refractivity contribution in [3.63, 3.8) is 0 Å². The Labute approximate surface area is 89.1 Å². The van der Waals surface area contributed by atoms with E-state index in [0.29, 0.717) is 6.04 Å². The third-order valence-corrected chi connectivity index (χ3v) is 3.36. The molecule has 0 saturated carbocycles. The van der Waals surface area contributed by atoms with Gasteiger partial charge in [0.1, 0.15) is 0 Å². The van der Waals surface area contributed by atoms with Gasteiger partial charge >= 0.3 is 0 Å². The summed E-state index contributed by atoms with van der Waals surface area (Å²) in [5, 5.41) is 3.44. The third kappa shape index (κ3) is 3.97. The molecule has 1 saturated heterocycles. The Kier molecular flexibility index (Phi) is 5.49. The van der Waals surface area contributed by atoms with Crippen molar-refractivity contribution in [3.05, 3.63) is 0 Å². The fourth-order valence-electron chi connectivity index (χ4n) is 2.21. The molecule has 0 radical (unpaired) electrons. The Morgan fingerprint density at radius 1 is 1.36 bits per heavy atom. The molecule has 0 aromatic carbocycles. The summed E-state index contributed by atoms with van der Waals surface area (Å²) in [5.41, 5.74) is 0. The van der Waals surface area contributed by atoms with Gasteiger partial charge in [-0.1, -0.05) is 13.8 Å². The number of nitrogens with zero attached hydrogens (tertiary/aromatic N) is 1. The van der Waals surface area contributed by atoms with E-state index in [2.05, 4.69) is 31.0 Å². The molecule has 14 heavy (non-hydrogen) atoms. The fraction of sp³-hybridized carbons (Fsp3) is 1.00. The van der Waals surface area contributed by atoms with Crippen LogP contribution in [-0.4, -0.2) is 37.1 Å². The first-order valence-electron chi connectivity index (χ1n) is 6.18. The van der Waals surface area contributed by atoms with Gasteiger partial charge < -0.3 is 5.32 Å². The number of hydrogen-bond acceptors (Lipinski definition) is 2. The van der Waals surface area contributed by atoms with Gasteiger partial charge in [0, 0.05) is 12.6 Å². The van der Waals surface area contributed by atoms with E-state index in [1.165, 1.54) is 32.4 Å². The summed E-state index contributed by atoms with van der Waals surface area (Å²) in [5.74, 6) is 0.936. The Morgan fingerprint density at radius 2 is 2.14 bits per heavy atom. The van der Waals surface area contributed by atoms with Crippen LogP contribution in [0, 0.1) is 5.92 Å². The molecular formula is C12H26N2. The summed E-state index contributed by atoms with van der Waals surface area (Å²) >= 11 is 0. The van der Waals surface area contributed by atoms with Crippen LogP contribution < -0.4 is 5.32 Å². The summed E-state index contributed by atoms with van der Waals surface area (Å²) in [7, 11) is 0. The van der Waals surface area contributed by atoms with E-state index in [9.17, 15) is 0 Å². The van der Waals surface area contributed by atoms with E-state index in [-0.39, 0.29) is 0 Å². The molecule has 0 amide bonds. The van der Waals surface area contributed by atoms with Crippen molar-refractivity contribution in [1.29, 1.82) is 0 Å². The number of rotatable bonds is 4. The maximum absolute atomic E-state index is 3.44. The standard InChI is InChI=1S/C12H26N2/c1-4-13-10-12(3)14-8-5-6-11(2)7-9-14/h11-13H,4-10H2,1-3H3. The van der Waals surface area contributed by atoms with Gasteiger partial charge in [0.15, 0.2) is 0 Å². The monoisotopic (exact) mass is 198 g/mol. The topological polar surface area (TPSA) is 15.3 Å². The van der Waals surface area contributed by atoms with Crippen molar-refractivity contribution >= 4 is 0 Å². The van der Waals surface area contributed by atoms with Gasteiger partial charge in [-0.2, -0.15) is 0 Å². The Hall–Kier alpha value is -0.0800. The number of nitrogens with one attached hydrogen (secondary N) is 1. The summed E-state index contributed by atoms with van der Waals surface area (Å²) < 4.78 is 0. The highest BCUT2D eigenvalue weighted by molar-refractivity contribution is 4.73. The number of likely N-dealkylation sites (N-methyl/N-ethyl adjacent to an activating group) is 1. The molecule has 0 aromatic rings. The lowest BCUT2D eigenvalue weighted by molar-refractivity contribution is 0.211. The van der Waals surface area contributed by atoms with E-state index in [1.54, 1.807) is 0 Å². The molecule has 2 heteroatoms. The quantitative estimate of drug-likeness (QED) is 0.744. The zero-order valence-corrected chi connectivity index (χ0v) is 10.1. The second kappa shape index (κ2) is 6.41. The molecule has 0 aliphatic carbocycles. The van der Waals surface area contributed by atoms with Crippen molar-refractivity contribution in [2.75, 3.05) is 26.2 Å². The van der Waals surface area contributed by atoms with Crippen LogP contribution in [-0.2, 0) is 0 Å². The van der Waals surface area contributed by atoms with Crippen LogP contribution in [0.25, 0.3) is 0 Å². The largest absolute Gasteiger partial charge is 0.315 e. The predicted octanol–water partition coefficient (Wildman–Crippen LogP) is 2.11. The predicted molar refractivity (Wildman–Crippen MR) is 62.6 cm³/mol. The molecule has 84 valence electrons. The smallest absolute Gasteiger partial charge is 0.0192 e. The molecule has 1 fully saturated rings. The van der Waals surface area contributed by atoms with Gasteiger partial charge in [-0.05, 0) is 51.7 Å². The average molecular weight is 198 g/mol. The van der Waals surface area contributed by atoms with E-state index in [1.807, 2.05) is 0 Å². The molecule has 1 aliphatic rings. The van der Waals surface area contributed by atoms with Crippen LogP contribution in [0.2, 0.25) is 0 Å². The van der Waals surface area contributed by atoms with E-state index in [0.717, 1.165) is 19.0 Å². The lowest BCUT2D eigenvalue weighted by atomic mass is 10.0. The molecule has 1 rings (SSSR count). The van der Waals surface area contributed by atoms with Crippen LogP contribution in [0.1, 0.15) is 40.0 Å².